The molecule has 0 fully saturated rings. The molecule has 0 radical (unpaired) electrons. The highest BCUT2D eigenvalue weighted by Gasteiger charge is 2.07. The van der Waals surface area contributed by atoms with E-state index in [1.165, 1.54) is 11.5 Å². The summed E-state index contributed by atoms with van der Waals surface area (Å²) in [5.41, 5.74) is 1.09. The summed E-state index contributed by atoms with van der Waals surface area (Å²) in [4.78, 5) is 4.26. The Kier molecular flexibility index (Phi) is 3.96. The maximum Gasteiger partial charge on any atom is 0.179 e. The molecule has 0 amide bonds. The number of methoxy groups -OCH3 is 2. The van der Waals surface area contributed by atoms with Crippen molar-refractivity contribution in [2.24, 2.45) is 0 Å². The first-order valence-corrected chi connectivity index (χ1v) is 6.48. The van der Waals surface area contributed by atoms with Crippen molar-refractivity contribution in [3.05, 3.63) is 33.5 Å². The highest BCUT2D eigenvalue weighted by atomic mass is 79.9. The van der Waals surface area contributed by atoms with Gasteiger partial charge in [-0.1, -0.05) is 6.07 Å². The van der Waals surface area contributed by atoms with E-state index < -0.39 is 0 Å². The van der Waals surface area contributed by atoms with Crippen LogP contribution in [0.15, 0.2) is 22.1 Å². The summed E-state index contributed by atoms with van der Waals surface area (Å²) < 4.78 is 15.5. The first-order valence-electron chi connectivity index (χ1n) is 4.92. The molecule has 0 atom stereocenters. The minimum atomic E-state index is 0.683. The van der Waals surface area contributed by atoms with E-state index in [0.717, 1.165) is 26.8 Å². The van der Waals surface area contributed by atoms with Gasteiger partial charge in [-0.15, -0.1) is 0 Å². The molecule has 4 nitrogen and oxygen atoms in total. The Hall–Kier alpha value is -1.14. The topological polar surface area (TPSA) is 44.2 Å². The summed E-state index contributed by atoms with van der Waals surface area (Å²) in [6, 6.07) is 5.81. The lowest BCUT2D eigenvalue weighted by Gasteiger charge is -2.08. The molecular weight excluding hydrogens is 304 g/mol. The molecule has 2 rings (SSSR count). The number of nitrogens with zero attached hydrogens (tertiary/aromatic N) is 2. The molecule has 1 aromatic heterocycles. The van der Waals surface area contributed by atoms with Crippen molar-refractivity contribution in [1.82, 2.24) is 9.36 Å². The SMILES string of the molecule is COc1ccc(Cc2nsc(Br)n2)cc1OC. The van der Waals surface area contributed by atoms with Gasteiger partial charge in [-0.25, -0.2) is 4.98 Å². The van der Waals surface area contributed by atoms with Gasteiger partial charge in [0.1, 0.15) is 5.82 Å². The summed E-state index contributed by atoms with van der Waals surface area (Å²) >= 11 is 4.64. The van der Waals surface area contributed by atoms with Crippen molar-refractivity contribution in [3.63, 3.8) is 0 Å². The molecular formula is C11H11BrN2O2S. The van der Waals surface area contributed by atoms with Crippen molar-refractivity contribution in [3.8, 4) is 11.5 Å². The van der Waals surface area contributed by atoms with E-state index in [-0.39, 0.29) is 0 Å². The Labute approximate surface area is 112 Å². The van der Waals surface area contributed by atoms with Crippen molar-refractivity contribution in [2.75, 3.05) is 14.2 Å². The Morgan fingerprint density at radius 2 is 2.00 bits per heavy atom. The second-order valence-electron chi connectivity index (χ2n) is 3.33. The number of aromatic nitrogens is 2. The summed E-state index contributed by atoms with van der Waals surface area (Å²) in [5, 5.41) is 0. The highest BCUT2D eigenvalue weighted by molar-refractivity contribution is 9.11. The van der Waals surface area contributed by atoms with E-state index in [4.69, 9.17) is 9.47 Å². The second-order valence-corrected chi connectivity index (χ2v) is 5.36. The van der Waals surface area contributed by atoms with E-state index in [1.807, 2.05) is 18.2 Å². The Morgan fingerprint density at radius 3 is 2.59 bits per heavy atom. The van der Waals surface area contributed by atoms with Gasteiger partial charge >= 0.3 is 0 Å². The minimum Gasteiger partial charge on any atom is -0.493 e. The predicted molar refractivity (Wildman–Crippen MR) is 70.0 cm³/mol. The van der Waals surface area contributed by atoms with Crippen LogP contribution in [0.3, 0.4) is 0 Å². The van der Waals surface area contributed by atoms with Gasteiger partial charge in [0, 0.05) is 6.42 Å². The molecule has 0 aliphatic heterocycles. The van der Waals surface area contributed by atoms with Gasteiger partial charge in [0.05, 0.1) is 14.2 Å². The van der Waals surface area contributed by atoms with Crippen LogP contribution in [0.25, 0.3) is 0 Å². The van der Waals surface area contributed by atoms with Gasteiger partial charge in [0.15, 0.2) is 15.4 Å². The first-order chi connectivity index (χ1) is 8.22. The maximum absolute atomic E-state index is 5.25. The Morgan fingerprint density at radius 1 is 1.24 bits per heavy atom. The van der Waals surface area contributed by atoms with Crippen molar-refractivity contribution in [1.29, 1.82) is 0 Å². The van der Waals surface area contributed by atoms with Crippen LogP contribution in [-0.2, 0) is 6.42 Å². The van der Waals surface area contributed by atoms with E-state index in [9.17, 15) is 0 Å². The number of ether oxygens (including phenoxy) is 2. The van der Waals surface area contributed by atoms with Crippen LogP contribution in [-0.4, -0.2) is 23.6 Å². The molecule has 1 heterocycles. The molecule has 2 aromatic rings. The van der Waals surface area contributed by atoms with Crippen molar-refractivity contribution >= 4 is 27.5 Å². The van der Waals surface area contributed by atoms with Crippen LogP contribution < -0.4 is 9.47 Å². The standard InChI is InChI=1S/C11H11BrN2O2S/c1-15-8-4-3-7(5-9(8)16-2)6-10-13-11(12)17-14-10/h3-5H,6H2,1-2H3. The first kappa shape index (κ1) is 12.3. The lowest BCUT2D eigenvalue weighted by Crippen LogP contribution is -1.94. The zero-order chi connectivity index (χ0) is 12.3. The molecule has 0 aliphatic rings. The second kappa shape index (κ2) is 5.46. The average molecular weight is 315 g/mol. The third kappa shape index (κ3) is 2.95. The smallest absolute Gasteiger partial charge is 0.179 e. The fourth-order valence-corrected chi connectivity index (χ4v) is 2.33. The van der Waals surface area contributed by atoms with Crippen molar-refractivity contribution < 1.29 is 9.47 Å². The molecule has 0 aliphatic carbocycles. The minimum absolute atomic E-state index is 0.683. The zero-order valence-corrected chi connectivity index (χ0v) is 11.8. The van der Waals surface area contributed by atoms with Crippen molar-refractivity contribution in [2.45, 2.75) is 6.42 Å². The van der Waals surface area contributed by atoms with Gasteiger partial charge in [-0.05, 0) is 45.2 Å². The zero-order valence-electron chi connectivity index (χ0n) is 9.44. The molecule has 0 saturated carbocycles. The van der Waals surface area contributed by atoms with Gasteiger partial charge in [-0.2, -0.15) is 4.37 Å². The maximum atomic E-state index is 5.25. The summed E-state index contributed by atoms with van der Waals surface area (Å²) in [6.07, 6.45) is 0.683. The molecule has 1 aromatic carbocycles. The summed E-state index contributed by atoms with van der Waals surface area (Å²) in [7, 11) is 3.25. The normalized spacial score (nSPS) is 10.3. The molecule has 90 valence electrons. The van der Waals surface area contributed by atoms with Crippen LogP contribution in [0.2, 0.25) is 0 Å². The van der Waals surface area contributed by atoms with Gasteiger partial charge in [0.2, 0.25) is 0 Å². The van der Waals surface area contributed by atoms with E-state index in [0.29, 0.717) is 6.42 Å². The van der Waals surface area contributed by atoms with Crippen LogP contribution in [0.5, 0.6) is 11.5 Å². The highest BCUT2D eigenvalue weighted by Crippen LogP contribution is 2.28. The number of hydrogen-bond acceptors (Lipinski definition) is 5. The Balaban J connectivity index is 2.22. The van der Waals surface area contributed by atoms with Gasteiger partial charge < -0.3 is 9.47 Å². The molecule has 0 unspecified atom stereocenters. The van der Waals surface area contributed by atoms with Crippen LogP contribution in [0.4, 0.5) is 0 Å². The molecule has 0 bridgehead atoms. The molecule has 6 heteroatoms. The van der Waals surface area contributed by atoms with E-state index in [2.05, 4.69) is 25.3 Å². The molecule has 0 N–H and O–H groups in total. The fraction of sp³-hybridized carbons (Fsp3) is 0.273. The quantitative estimate of drug-likeness (QED) is 0.870. The average Bonchev–Trinajstić information content (AvgIpc) is 2.74. The van der Waals surface area contributed by atoms with Crippen LogP contribution >= 0.6 is 27.5 Å². The predicted octanol–water partition coefficient (Wildman–Crippen LogP) is 2.91. The summed E-state index contributed by atoms with van der Waals surface area (Å²) in [6.45, 7) is 0. The van der Waals surface area contributed by atoms with E-state index >= 15 is 0 Å². The number of benzene rings is 1. The fourth-order valence-electron chi connectivity index (χ4n) is 1.48. The van der Waals surface area contributed by atoms with E-state index in [1.54, 1.807) is 14.2 Å². The van der Waals surface area contributed by atoms with Gasteiger partial charge in [0.25, 0.3) is 0 Å². The van der Waals surface area contributed by atoms with Crippen LogP contribution in [0, 0.1) is 0 Å². The number of hydrogen-bond donors (Lipinski definition) is 0. The molecule has 17 heavy (non-hydrogen) atoms. The lowest BCUT2D eigenvalue weighted by molar-refractivity contribution is 0.354. The largest absolute Gasteiger partial charge is 0.493 e. The third-order valence-corrected chi connectivity index (χ3v) is 3.41. The Bertz CT molecular complexity index is 516. The molecule has 0 spiro atoms. The summed E-state index contributed by atoms with van der Waals surface area (Å²) in [5.74, 6) is 2.25. The lowest BCUT2D eigenvalue weighted by atomic mass is 10.1. The number of rotatable bonds is 4. The van der Waals surface area contributed by atoms with Crippen LogP contribution in [0.1, 0.15) is 11.4 Å². The van der Waals surface area contributed by atoms with Gasteiger partial charge in [-0.3, -0.25) is 0 Å². The third-order valence-electron chi connectivity index (χ3n) is 2.25. The number of halogens is 1. The monoisotopic (exact) mass is 314 g/mol. The molecule has 0 saturated heterocycles.